The Bertz CT molecular complexity index is 2090. The van der Waals surface area contributed by atoms with E-state index in [-0.39, 0.29) is 23.4 Å². The van der Waals surface area contributed by atoms with Crippen LogP contribution in [-0.2, 0) is 21.5 Å². The van der Waals surface area contributed by atoms with Crippen molar-refractivity contribution >= 4 is 44.5 Å². The van der Waals surface area contributed by atoms with Crippen LogP contribution in [0, 0.1) is 12.3 Å². The van der Waals surface area contributed by atoms with Crippen LogP contribution in [0.3, 0.4) is 0 Å². The van der Waals surface area contributed by atoms with Crippen molar-refractivity contribution in [1.29, 1.82) is 0 Å². The predicted molar refractivity (Wildman–Crippen MR) is 207 cm³/mol. The van der Waals surface area contributed by atoms with Crippen LogP contribution < -0.4 is 14.8 Å². The number of hydrogen-bond acceptors (Lipinski definition) is 6. The Kier molecular flexibility index (Phi) is 11.1. The molecule has 6 rings (SSSR count). The monoisotopic (exact) mass is 747 g/mol. The Morgan fingerprint density at radius 2 is 1.79 bits per heavy atom. The Labute approximate surface area is 312 Å². The highest BCUT2D eigenvalue weighted by molar-refractivity contribution is 7.87. The minimum atomic E-state index is -4.01. The highest BCUT2D eigenvalue weighted by atomic mass is 35.5. The van der Waals surface area contributed by atoms with Gasteiger partial charge in [-0.05, 0) is 98.7 Å². The quantitative estimate of drug-likeness (QED) is 0.180. The summed E-state index contributed by atoms with van der Waals surface area (Å²) in [6.45, 7) is 8.13. The van der Waals surface area contributed by atoms with E-state index in [9.17, 15) is 18.0 Å². The third kappa shape index (κ3) is 7.74. The Hall–Kier alpha value is -3.90. The van der Waals surface area contributed by atoms with Crippen LogP contribution in [0.5, 0.6) is 5.75 Å². The number of aromatic nitrogens is 1. The van der Waals surface area contributed by atoms with E-state index < -0.39 is 21.5 Å². The molecule has 2 aliphatic rings. The number of carbonyl (C=O) groups is 2. The lowest BCUT2D eigenvalue weighted by molar-refractivity contribution is -0.142. The zero-order chi connectivity index (χ0) is 37.4. The van der Waals surface area contributed by atoms with Crippen molar-refractivity contribution in [3.63, 3.8) is 0 Å². The number of nitrogens with one attached hydrogen (secondary N) is 2. The van der Waals surface area contributed by atoms with Gasteiger partial charge in [0.25, 0.3) is 5.91 Å². The predicted octanol–water partition coefficient (Wildman–Crippen LogP) is 7.06. The summed E-state index contributed by atoms with van der Waals surface area (Å²) in [5.41, 5.74) is 5.50. The van der Waals surface area contributed by atoms with Gasteiger partial charge in [-0.15, -0.1) is 0 Å². The number of benzene rings is 3. The molecule has 2 amide bonds. The second-order valence-electron chi connectivity index (χ2n) is 15.0. The van der Waals surface area contributed by atoms with Crippen molar-refractivity contribution in [2.24, 2.45) is 5.41 Å². The summed E-state index contributed by atoms with van der Waals surface area (Å²) in [6.07, 6.45) is 5.53. The van der Waals surface area contributed by atoms with Crippen LogP contribution in [0.1, 0.15) is 85.0 Å². The zero-order valence-corrected chi connectivity index (χ0v) is 32.5. The van der Waals surface area contributed by atoms with Gasteiger partial charge in [-0.3, -0.25) is 9.59 Å². The lowest BCUT2D eigenvalue weighted by Gasteiger charge is -2.39. The maximum atomic E-state index is 14.6. The smallest absolute Gasteiger partial charge is 0.303 e. The molecule has 2 N–H and O–H groups in total. The van der Waals surface area contributed by atoms with Gasteiger partial charge in [-0.2, -0.15) is 12.7 Å². The number of hydrogen-bond donors (Lipinski definition) is 2. The van der Waals surface area contributed by atoms with E-state index in [1.807, 2.05) is 61.2 Å². The number of aryl methyl sites for hydroxylation is 1. The van der Waals surface area contributed by atoms with Crippen LogP contribution in [0.4, 0.5) is 0 Å². The topological polar surface area (TPSA) is 113 Å². The Morgan fingerprint density at radius 3 is 2.46 bits per heavy atom. The summed E-state index contributed by atoms with van der Waals surface area (Å²) >= 11 is 6.33. The molecule has 4 aromatic rings. The largest absolute Gasteiger partial charge is 0.497 e. The van der Waals surface area contributed by atoms with Crippen molar-refractivity contribution in [2.75, 3.05) is 40.8 Å². The number of methoxy groups -OCH3 is 1. The van der Waals surface area contributed by atoms with Gasteiger partial charge >= 0.3 is 10.2 Å². The molecule has 2 heterocycles. The molecule has 1 unspecified atom stereocenters. The average molecular weight is 748 g/mol. The van der Waals surface area contributed by atoms with E-state index in [1.54, 1.807) is 19.2 Å². The molecule has 1 aliphatic heterocycles. The van der Waals surface area contributed by atoms with Gasteiger partial charge in [-0.25, -0.2) is 4.72 Å². The zero-order valence-electron chi connectivity index (χ0n) is 31.0. The molecular formula is C40H50ClN5O5S. The summed E-state index contributed by atoms with van der Waals surface area (Å²) in [5.74, 6) is 0.360. The van der Waals surface area contributed by atoms with Gasteiger partial charge in [0.2, 0.25) is 5.91 Å². The number of fused-ring (bicyclic) bond motifs is 1. The third-order valence-electron chi connectivity index (χ3n) is 10.6. The van der Waals surface area contributed by atoms with Crippen LogP contribution in [0.25, 0.3) is 22.2 Å². The number of rotatable bonds is 10. The van der Waals surface area contributed by atoms with Crippen molar-refractivity contribution in [1.82, 2.24) is 23.8 Å². The third-order valence-corrected chi connectivity index (χ3v) is 12.3. The van der Waals surface area contributed by atoms with Gasteiger partial charge < -0.3 is 19.5 Å². The molecule has 1 atom stereocenters. The van der Waals surface area contributed by atoms with E-state index in [1.165, 1.54) is 26.1 Å². The van der Waals surface area contributed by atoms with E-state index in [2.05, 4.69) is 27.6 Å². The molecule has 1 saturated heterocycles. The van der Waals surface area contributed by atoms with Crippen LogP contribution in [-0.4, -0.2) is 74.8 Å². The highest BCUT2D eigenvalue weighted by Gasteiger charge is 2.38. The molecule has 1 saturated carbocycles. The fourth-order valence-corrected chi connectivity index (χ4v) is 8.58. The number of ether oxygens (including phenoxy) is 1. The molecule has 0 bridgehead atoms. The summed E-state index contributed by atoms with van der Waals surface area (Å²) in [5, 5.41) is 5.21. The minimum Gasteiger partial charge on any atom is -0.497 e. The first-order valence-corrected chi connectivity index (χ1v) is 19.9. The van der Waals surface area contributed by atoms with Crippen molar-refractivity contribution in [3.05, 3.63) is 87.9 Å². The molecule has 0 radical (unpaired) electrons. The highest BCUT2D eigenvalue weighted by Crippen LogP contribution is 2.46. The van der Waals surface area contributed by atoms with Gasteiger partial charge in [0.15, 0.2) is 0 Å². The van der Waals surface area contributed by atoms with Crippen LogP contribution in [0.2, 0.25) is 5.02 Å². The van der Waals surface area contributed by atoms with Crippen LogP contribution in [0.15, 0.2) is 60.7 Å². The normalized spacial score (nSPS) is 17.5. The van der Waals surface area contributed by atoms with E-state index in [0.29, 0.717) is 31.2 Å². The molecule has 2 fully saturated rings. The maximum Gasteiger partial charge on any atom is 0.303 e. The van der Waals surface area contributed by atoms with E-state index in [4.69, 9.17) is 16.3 Å². The minimum absolute atomic E-state index is 0.0328. The Balaban J connectivity index is 1.49. The molecule has 1 aromatic heterocycles. The fourth-order valence-electron chi connectivity index (χ4n) is 7.84. The maximum absolute atomic E-state index is 14.6. The van der Waals surface area contributed by atoms with Crippen molar-refractivity contribution in [3.8, 4) is 17.0 Å². The number of halogens is 1. The van der Waals surface area contributed by atoms with Gasteiger partial charge in [-0.1, -0.05) is 49.1 Å². The summed E-state index contributed by atoms with van der Waals surface area (Å²) < 4.78 is 36.3. The molecule has 52 heavy (non-hydrogen) atoms. The summed E-state index contributed by atoms with van der Waals surface area (Å²) in [7, 11) is 0.392. The van der Waals surface area contributed by atoms with Gasteiger partial charge in [0.1, 0.15) is 5.75 Å². The standard InChI is InChI=1S/C40H50ClN5O5S/c1-26-21-31(51-6)16-18-32(26)37-36(27-11-8-7-9-12-27)33-17-15-29(38(47)43-52(49,50)44(4)5)23-35(33)46(37)25-40(2,3)39(48)45-20-19-42-34(24-45)28-13-10-14-30(41)22-28/h10,13-18,21-23,27,34,42H,7-9,11-12,19-20,24-25H2,1-6H3,(H,43,47). The Morgan fingerprint density at radius 1 is 1.04 bits per heavy atom. The van der Waals surface area contributed by atoms with E-state index >= 15 is 0 Å². The lowest BCUT2D eigenvalue weighted by Crippen LogP contribution is -2.52. The van der Waals surface area contributed by atoms with Gasteiger partial charge in [0.05, 0.1) is 18.2 Å². The van der Waals surface area contributed by atoms with Gasteiger partial charge in [0, 0.05) is 73.4 Å². The fraction of sp³-hybridized carbons (Fsp3) is 0.450. The number of nitrogens with zero attached hydrogens (tertiary/aromatic N) is 3. The SMILES string of the molecule is COc1ccc(-c2c(C3CCCCC3)c3ccc(C(=O)NS(=O)(=O)N(C)C)cc3n2CC(C)(C)C(=O)N2CCNC(c3cccc(Cl)c3)C2)c(C)c1. The van der Waals surface area contributed by atoms with Crippen molar-refractivity contribution < 1.29 is 22.7 Å². The number of amides is 2. The molecule has 1 aliphatic carbocycles. The number of carbonyl (C=O) groups excluding carboxylic acids is 2. The molecule has 10 nitrogen and oxygen atoms in total. The molecule has 12 heteroatoms. The molecule has 278 valence electrons. The lowest BCUT2D eigenvalue weighted by atomic mass is 9.81. The molecular weight excluding hydrogens is 698 g/mol. The summed E-state index contributed by atoms with van der Waals surface area (Å²) in [6, 6.07) is 19.2. The molecule has 0 spiro atoms. The first-order chi connectivity index (χ1) is 24.7. The number of piperazine rings is 1. The van der Waals surface area contributed by atoms with Crippen LogP contribution >= 0.6 is 11.6 Å². The molecule has 3 aromatic carbocycles. The first-order valence-electron chi connectivity index (χ1n) is 18.0. The summed E-state index contributed by atoms with van der Waals surface area (Å²) in [4.78, 5) is 30.0. The first kappa shape index (κ1) is 37.8. The van der Waals surface area contributed by atoms with Crippen molar-refractivity contribution in [2.45, 2.75) is 71.4 Å². The van der Waals surface area contributed by atoms with E-state index in [0.717, 1.165) is 69.0 Å². The second-order valence-corrected chi connectivity index (χ2v) is 17.3. The second kappa shape index (κ2) is 15.2. The average Bonchev–Trinajstić information content (AvgIpc) is 3.43.